The number of halogens is 1. The van der Waals surface area contributed by atoms with Gasteiger partial charge in [-0.05, 0) is 30.2 Å². The molecule has 0 radical (unpaired) electrons. The van der Waals surface area contributed by atoms with E-state index in [-0.39, 0.29) is 11.7 Å². The first-order valence-corrected chi connectivity index (χ1v) is 7.88. The van der Waals surface area contributed by atoms with Crippen LogP contribution in [0.5, 0.6) is 0 Å². The van der Waals surface area contributed by atoms with Crippen molar-refractivity contribution in [2.45, 2.75) is 6.42 Å². The number of amides is 1. The Morgan fingerprint density at radius 2 is 1.64 bits per heavy atom. The summed E-state index contributed by atoms with van der Waals surface area (Å²) in [6, 6.07) is 15.8. The number of nitrogens with one attached hydrogen (secondary N) is 2. The molecule has 1 amide bonds. The van der Waals surface area contributed by atoms with E-state index in [1.807, 2.05) is 18.2 Å². The summed E-state index contributed by atoms with van der Waals surface area (Å²) < 4.78 is 13.5. The summed E-state index contributed by atoms with van der Waals surface area (Å²) in [5, 5.41) is 5.78. The van der Waals surface area contributed by atoms with Gasteiger partial charge in [0.05, 0.1) is 5.56 Å². The zero-order valence-corrected chi connectivity index (χ0v) is 13.4. The highest BCUT2D eigenvalue weighted by Crippen LogP contribution is 2.09. The summed E-state index contributed by atoms with van der Waals surface area (Å²) in [5.74, 6) is -0.102. The van der Waals surface area contributed by atoms with Crippen LogP contribution in [-0.4, -0.2) is 22.4 Å². The van der Waals surface area contributed by atoms with Gasteiger partial charge in [0, 0.05) is 24.6 Å². The fraction of sp³-hybridized carbons (Fsp3) is 0.105. The van der Waals surface area contributed by atoms with E-state index in [0.29, 0.717) is 35.7 Å². The van der Waals surface area contributed by atoms with E-state index < -0.39 is 0 Å². The van der Waals surface area contributed by atoms with E-state index in [0.717, 1.165) is 0 Å². The van der Waals surface area contributed by atoms with Crippen molar-refractivity contribution in [2.75, 3.05) is 17.2 Å². The molecule has 3 rings (SSSR count). The second-order valence-electron chi connectivity index (χ2n) is 5.38. The van der Waals surface area contributed by atoms with Crippen molar-refractivity contribution in [3.63, 3.8) is 0 Å². The van der Waals surface area contributed by atoms with E-state index >= 15 is 0 Å². The van der Waals surface area contributed by atoms with Crippen LogP contribution in [0.1, 0.15) is 15.9 Å². The number of para-hydroxylation sites is 1. The van der Waals surface area contributed by atoms with Crippen molar-refractivity contribution >= 4 is 17.5 Å². The van der Waals surface area contributed by atoms with Gasteiger partial charge in [0.2, 0.25) is 5.95 Å². The molecule has 0 atom stereocenters. The molecule has 2 N–H and O–H groups in total. The normalized spacial score (nSPS) is 10.3. The minimum absolute atomic E-state index is 0.224. The van der Waals surface area contributed by atoms with Gasteiger partial charge in [-0.3, -0.25) is 4.79 Å². The van der Waals surface area contributed by atoms with Crippen LogP contribution in [0.3, 0.4) is 0 Å². The Morgan fingerprint density at radius 1 is 0.960 bits per heavy atom. The highest BCUT2D eigenvalue weighted by atomic mass is 19.1. The molecule has 25 heavy (non-hydrogen) atoms. The molecule has 0 unspecified atom stereocenters. The SMILES string of the molecule is O=C(Nc1ccccc1)c1cnc(NCCc2ccccc2F)nc1. The van der Waals surface area contributed by atoms with E-state index in [1.54, 1.807) is 30.3 Å². The van der Waals surface area contributed by atoms with Gasteiger partial charge in [-0.1, -0.05) is 36.4 Å². The summed E-state index contributed by atoms with van der Waals surface area (Å²) in [6.07, 6.45) is 3.43. The van der Waals surface area contributed by atoms with Crippen LogP contribution in [-0.2, 0) is 6.42 Å². The van der Waals surface area contributed by atoms with Crippen LogP contribution in [0, 0.1) is 5.82 Å². The summed E-state index contributed by atoms with van der Waals surface area (Å²) in [7, 11) is 0. The average molecular weight is 336 g/mol. The van der Waals surface area contributed by atoms with Gasteiger partial charge in [0.1, 0.15) is 5.82 Å². The molecular weight excluding hydrogens is 319 g/mol. The van der Waals surface area contributed by atoms with E-state index in [2.05, 4.69) is 20.6 Å². The third-order valence-electron chi connectivity index (χ3n) is 3.58. The largest absolute Gasteiger partial charge is 0.354 e. The van der Waals surface area contributed by atoms with Gasteiger partial charge < -0.3 is 10.6 Å². The number of benzene rings is 2. The Hall–Kier alpha value is -3.28. The number of hydrogen-bond acceptors (Lipinski definition) is 4. The molecule has 0 aliphatic rings. The molecule has 3 aromatic rings. The maximum Gasteiger partial charge on any atom is 0.258 e. The molecule has 6 heteroatoms. The Morgan fingerprint density at radius 3 is 2.36 bits per heavy atom. The number of rotatable bonds is 6. The first-order chi connectivity index (χ1) is 12.2. The van der Waals surface area contributed by atoms with E-state index in [1.165, 1.54) is 18.5 Å². The van der Waals surface area contributed by atoms with Crippen LogP contribution in [0.25, 0.3) is 0 Å². The van der Waals surface area contributed by atoms with Gasteiger partial charge in [-0.15, -0.1) is 0 Å². The summed E-state index contributed by atoms with van der Waals surface area (Å²) in [6.45, 7) is 0.497. The molecule has 126 valence electrons. The highest BCUT2D eigenvalue weighted by Gasteiger charge is 2.07. The molecule has 1 heterocycles. The fourth-order valence-electron chi connectivity index (χ4n) is 2.27. The number of nitrogens with zero attached hydrogens (tertiary/aromatic N) is 2. The fourth-order valence-corrected chi connectivity index (χ4v) is 2.27. The van der Waals surface area contributed by atoms with Crippen molar-refractivity contribution in [1.29, 1.82) is 0 Å². The Balaban J connectivity index is 1.53. The molecule has 0 aliphatic carbocycles. The Kier molecular flexibility index (Phi) is 5.31. The molecule has 1 aromatic heterocycles. The third kappa shape index (κ3) is 4.60. The van der Waals surface area contributed by atoms with Gasteiger partial charge in [0.25, 0.3) is 5.91 Å². The van der Waals surface area contributed by atoms with Gasteiger partial charge in [-0.2, -0.15) is 0 Å². The lowest BCUT2D eigenvalue weighted by Gasteiger charge is -2.07. The molecule has 5 nitrogen and oxygen atoms in total. The van der Waals surface area contributed by atoms with Gasteiger partial charge >= 0.3 is 0 Å². The number of anilines is 2. The smallest absolute Gasteiger partial charge is 0.258 e. The van der Waals surface area contributed by atoms with Crippen molar-refractivity contribution < 1.29 is 9.18 Å². The van der Waals surface area contributed by atoms with Crippen LogP contribution in [0.15, 0.2) is 67.0 Å². The zero-order valence-electron chi connectivity index (χ0n) is 13.4. The van der Waals surface area contributed by atoms with Crippen LogP contribution in [0.4, 0.5) is 16.0 Å². The molecule has 0 saturated carbocycles. The summed E-state index contributed by atoms with van der Waals surface area (Å²) >= 11 is 0. The van der Waals surface area contributed by atoms with Gasteiger partial charge in [0.15, 0.2) is 0 Å². The lowest BCUT2D eigenvalue weighted by Crippen LogP contribution is -2.14. The Bertz CT molecular complexity index is 838. The quantitative estimate of drug-likeness (QED) is 0.723. The second-order valence-corrected chi connectivity index (χ2v) is 5.38. The first-order valence-electron chi connectivity index (χ1n) is 7.88. The third-order valence-corrected chi connectivity index (χ3v) is 3.58. The number of aromatic nitrogens is 2. The van der Waals surface area contributed by atoms with E-state index in [4.69, 9.17) is 0 Å². The standard InChI is InChI=1S/C19H17FN4O/c20-17-9-5-4-6-14(17)10-11-21-19-22-12-15(13-23-19)18(25)24-16-7-2-1-3-8-16/h1-9,12-13H,10-11H2,(H,24,25)(H,21,22,23). The maximum atomic E-state index is 13.5. The lowest BCUT2D eigenvalue weighted by molar-refractivity contribution is 0.102. The number of hydrogen-bond donors (Lipinski definition) is 2. The van der Waals surface area contributed by atoms with Crippen molar-refractivity contribution in [3.8, 4) is 0 Å². The molecule has 0 fully saturated rings. The molecule has 0 bridgehead atoms. The first kappa shape index (κ1) is 16.6. The lowest BCUT2D eigenvalue weighted by atomic mass is 10.1. The van der Waals surface area contributed by atoms with Gasteiger partial charge in [-0.25, -0.2) is 14.4 Å². The monoisotopic (exact) mass is 336 g/mol. The van der Waals surface area contributed by atoms with Crippen LogP contribution < -0.4 is 10.6 Å². The molecule has 0 saturated heterocycles. The Labute approximate surface area is 145 Å². The van der Waals surface area contributed by atoms with Crippen LogP contribution >= 0.6 is 0 Å². The number of carbonyl (C=O) groups is 1. The van der Waals surface area contributed by atoms with Crippen molar-refractivity contribution in [1.82, 2.24) is 9.97 Å². The van der Waals surface area contributed by atoms with Crippen molar-refractivity contribution in [2.24, 2.45) is 0 Å². The maximum absolute atomic E-state index is 13.5. The zero-order chi connectivity index (χ0) is 17.5. The highest BCUT2D eigenvalue weighted by molar-refractivity contribution is 6.03. The van der Waals surface area contributed by atoms with Crippen molar-refractivity contribution in [3.05, 3.63) is 83.9 Å². The molecule has 2 aromatic carbocycles. The average Bonchev–Trinajstić information content (AvgIpc) is 2.65. The topological polar surface area (TPSA) is 66.9 Å². The molecular formula is C19H17FN4O. The summed E-state index contributed by atoms with van der Waals surface area (Å²) in [4.78, 5) is 20.3. The van der Waals surface area contributed by atoms with E-state index in [9.17, 15) is 9.18 Å². The summed E-state index contributed by atoms with van der Waals surface area (Å²) in [5.41, 5.74) is 1.71. The number of carbonyl (C=O) groups excluding carboxylic acids is 1. The predicted molar refractivity (Wildman–Crippen MR) is 95.0 cm³/mol. The minimum Gasteiger partial charge on any atom is -0.354 e. The second kappa shape index (κ2) is 8.01. The minimum atomic E-state index is -0.274. The molecule has 0 spiro atoms. The van der Waals surface area contributed by atoms with Crippen LogP contribution in [0.2, 0.25) is 0 Å². The molecule has 0 aliphatic heterocycles. The predicted octanol–water partition coefficient (Wildman–Crippen LogP) is 3.52.